The first kappa shape index (κ1) is 15.5. The lowest BCUT2D eigenvalue weighted by atomic mass is 10.0. The summed E-state index contributed by atoms with van der Waals surface area (Å²) in [6, 6.07) is 8.23. The molecule has 112 valence electrons. The topological polar surface area (TPSA) is 38.3 Å². The highest BCUT2D eigenvalue weighted by Crippen LogP contribution is 2.29. The Balaban J connectivity index is 1.88. The molecule has 1 aromatic carbocycles. The third-order valence-corrected chi connectivity index (χ3v) is 5.49. The highest BCUT2D eigenvalue weighted by Gasteiger charge is 2.26. The van der Waals surface area contributed by atoms with E-state index in [1.807, 2.05) is 24.3 Å². The smallest absolute Gasteiger partial charge is 0.120 e. The molecule has 0 radical (unpaired) electrons. The molecule has 2 rings (SSSR count). The van der Waals surface area contributed by atoms with Gasteiger partial charge >= 0.3 is 0 Å². The lowest BCUT2D eigenvalue weighted by Crippen LogP contribution is -2.32. The van der Waals surface area contributed by atoms with Crippen molar-refractivity contribution in [3.63, 3.8) is 0 Å². The van der Waals surface area contributed by atoms with Gasteiger partial charge in [-0.2, -0.15) is 0 Å². The second-order valence-electron chi connectivity index (χ2n) is 5.37. The summed E-state index contributed by atoms with van der Waals surface area (Å²) in [7, 11) is 0.723. The Bertz CT molecular complexity index is 450. The third-order valence-electron chi connectivity index (χ3n) is 4.10. The molecule has 4 heteroatoms. The molecule has 1 N–H and O–H groups in total. The Morgan fingerprint density at radius 2 is 2.25 bits per heavy atom. The summed E-state index contributed by atoms with van der Waals surface area (Å²) in [6.07, 6.45) is 4.88. The Hall–Kier alpha value is -0.870. The first-order valence-electron chi connectivity index (χ1n) is 7.50. The van der Waals surface area contributed by atoms with Gasteiger partial charge in [0, 0.05) is 16.7 Å². The molecule has 20 heavy (non-hydrogen) atoms. The fourth-order valence-electron chi connectivity index (χ4n) is 3.03. The minimum absolute atomic E-state index is 0.627. The molecule has 0 bridgehead atoms. The van der Waals surface area contributed by atoms with Crippen molar-refractivity contribution in [2.24, 2.45) is 5.92 Å². The van der Waals surface area contributed by atoms with Crippen LogP contribution in [0.25, 0.3) is 0 Å². The molecule has 1 aromatic rings. The van der Waals surface area contributed by atoms with Gasteiger partial charge in [0.25, 0.3) is 0 Å². The molecular formula is C16H25NO2S. The fraction of sp³-hybridized carbons (Fsp3) is 0.625. The van der Waals surface area contributed by atoms with Crippen LogP contribution in [0.3, 0.4) is 0 Å². The van der Waals surface area contributed by atoms with Gasteiger partial charge in [-0.15, -0.1) is 0 Å². The van der Waals surface area contributed by atoms with Crippen LogP contribution in [-0.4, -0.2) is 29.7 Å². The molecule has 0 aliphatic heterocycles. The molecule has 3 nitrogen and oxygen atoms in total. The maximum Gasteiger partial charge on any atom is 0.120 e. The van der Waals surface area contributed by atoms with Crippen LogP contribution in [0.4, 0.5) is 0 Å². The van der Waals surface area contributed by atoms with Crippen molar-refractivity contribution in [2.45, 2.75) is 43.5 Å². The summed E-state index contributed by atoms with van der Waals surface area (Å²) >= 11 is 0. The predicted octanol–water partition coefficient (Wildman–Crippen LogP) is 2.97. The lowest BCUT2D eigenvalue weighted by Gasteiger charge is -2.20. The van der Waals surface area contributed by atoms with E-state index in [1.165, 1.54) is 19.3 Å². The van der Waals surface area contributed by atoms with Crippen LogP contribution in [0.15, 0.2) is 29.2 Å². The summed E-state index contributed by atoms with van der Waals surface area (Å²) in [5.41, 5.74) is 0. The van der Waals surface area contributed by atoms with Gasteiger partial charge in [0.2, 0.25) is 0 Å². The van der Waals surface area contributed by atoms with E-state index in [-0.39, 0.29) is 0 Å². The van der Waals surface area contributed by atoms with Crippen LogP contribution < -0.4 is 10.1 Å². The average molecular weight is 295 g/mol. The standard InChI is InChI=1S/C16H25NO2S/c1-3-17-16-9-4-6-13(16)10-11-20(18)15-8-5-7-14(12-15)19-2/h5,7-8,12-13,16-17H,3-4,6,9-11H2,1-2H3. The zero-order valence-corrected chi connectivity index (χ0v) is 13.2. The molecule has 0 aromatic heterocycles. The largest absolute Gasteiger partial charge is 0.497 e. The monoisotopic (exact) mass is 295 g/mol. The van der Waals surface area contributed by atoms with E-state index in [0.717, 1.165) is 29.4 Å². The number of nitrogens with one attached hydrogen (secondary N) is 1. The van der Waals surface area contributed by atoms with Gasteiger partial charge in [0.1, 0.15) is 5.75 Å². The molecule has 3 atom stereocenters. The van der Waals surface area contributed by atoms with Crippen LogP contribution in [0.2, 0.25) is 0 Å². The minimum Gasteiger partial charge on any atom is -0.497 e. The maximum atomic E-state index is 12.4. The Labute approximate surface area is 124 Å². The molecule has 0 spiro atoms. The number of hydrogen-bond donors (Lipinski definition) is 1. The molecule has 0 amide bonds. The summed E-state index contributed by atoms with van der Waals surface area (Å²) < 4.78 is 17.6. The summed E-state index contributed by atoms with van der Waals surface area (Å²) in [4.78, 5) is 0.877. The number of ether oxygens (including phenoxy) is 1. The quantitative estimate of drug-likeness (QED) is 0.840. The van der Waals surface area contributed by atoms with Gasteiger partial charge in [-0.1, -0.05) is 19.4 Å². The van der Waals surface area contributed by atoms with Crippen molar-refractivity contribution in [1.82, 2.24) is 5.32 Å². The van der Waals surface area contributed by atoms with Crippen LogP contribution >= 0.6 is 0 Å². The van der Waals surface area contributed by atoms with Gasteiger partial charge in [-0.3, -0.25) is 4.21 Å². The molecule has 1 saturated carbocycles. The Morgan fingerprint density at radius 3 is 3.00 bits per heavy atom. The molecule has 3 unspecified atom stereocenters. The zero-order chi connectivity index (χ0) is 14.4. The maximum absolute atomic E-state index is 12.4. The van der Waals surface area contributed by atoms with Crippen LogP contribution in [0, 0.1) is 5.92 Å². The second kappa shape index (κ2) is 7.79. The summed E-state index contributed by atoms with van der Waals surface area (Å²) in [5, 5.41) is 3.56. The average Bonchev–Trinajstić information content (AvgIpc) is 2.92. The molecule has 0 saturated heterocycles. The molecule has 1 aliphatic carbocycles. The Kier molecular flexibility index (Phi) is 6.05. The normalized spacial score (nSPS) is 23.7. The number of methoxy groups -OCH3 is 1. The zero-order valence-electron chi connectivity index (χ0n) is 12.4. The first-order valence-corrected chi connectivity index (χ1v) is 8.82. The highest BCUT2D eigenvalue weighted by atomic mass is 32.2. The second-order valence-corrected chi connectivity index (χ2v) is 6.94. The van der Waals surface area contributed by atoms with Crippen molar-refractivity contribution in [3.05, 3.63) is 24.3 Å². The van der Waals surface area contributed by atoms with Crippen LogP contribution in [0.5, 0.6) is 5.75 Å². The van der Waals surface area contributed by atoms with E-state index < -0.39 is 10.8 Å². The molecule has 0 heterocycles. The fourth-order valence-corrected chi connectivity index (χ4v) is 4.26. The van der Waals surface area contributed by atoms with E-state index in [4.69, 9.17) is 4.74 Å². The van der Waals surface area contributed by atoms with E-state index in [9.17, 15) is 4.21 Å². The van der Waals surface area contributed by atoms with Crippen molar-refractivity contribution in [3.8, 4) is 5.75 Å². The van der Waals surface area contributed by atoms with Gasteiger partial charge in [-0.05, 0) is 49.9 Å². The SMILES string of the molecule is CCNC1CCCC1CCS(=O)c1cccc(OC)c1. The van der Waals surface area contributed by atoms with Crippen molar-refractivity contribution in [1.29, 1.82) is 0 Å². The van der Waals surface area contributed by atoms with E-state index >= 15 is 0 Å². The van der Waals surface area contributed by atoms with Gasteiger partial charge in [0.05, 0.1) is 17.9 Å². The van der Waals surface area contributed by atoms with Gasteiger partial charge in [-0.25, -0.2) is 0 Å². The minimum atomic E-state index is -0.918. The number of hydrogen-bond acceptors (Lipinski definition) is 3. The third kappa shape index (κ3) is 4.06. The van der Waals surface area contributed by atoms with Crippen LogP contribution in [-0.2, 0) is 10.8 Å². The van der Waals surface area contributed by atoms with E-state index in [0.29, 0.717) is 12.0 Å². The van der Waals surface area contributed by atoms with E-state index in [2.05, 4.69) is 12.2 Å². The van der Waals surface area contributed by atoms with Crippen LogP contribution in [0.1, 0.15) is 32.6 Å². The summed E-state index contributed by atoms with van der Waals surface area (Å²) in [6.45, 7) is 3.18. The number of benzene rings is 1. The molecular weight excluding hydrogens is 270 g/mol. The predicted molar refractivity (Wildman–Crippen MR) is 83.7 cm³/mol. The molecule has 1 aliphatic rings. The lowest BCUT2D eigenvalue weighted by molar-refractivity contribution is 0.399. The van der Waals surface area contributed by atoms with Crippen molar-refractivity contribution < 1.29 is 8.95 Å². The van der Waals surface area contributed by atoms with Gasteiger partial charge in [0.15, 0.2) is 0 Å². The van der Waals surface area contributed by atoms with Crippen molar-refractivity contribution >= 4 is 10.8 Å². The molecule has 1 fully saturated rings. The van der Waals surface area contributed by atoms with Crippen molar-refractivity contribution in [2.75, 3.05) is 19.4 Å². The number of rotatable bonds is 7. The summed E-state index contributed by atoms with van der Waals surface area (Å²) in [5.74, 6) is 2.21. The van der Waals surface area contributed by atoms with Gasteiger partial charge < -0.3 is 10.1 Å². The van der Waals surface area contributed by atoms with E-state index in [1.54, 1.807) is 7.11 Å². The highest BCUT2D eigenvalue weighted by molar-refractivity contribution is 7.85. The first-order chi connectivity index (χ1) is 9.74. The Morgan fingerprint density at radius 1 is 1.40 bits per heavy atom.